The Morgan fingerprint density at radius 2 is 1.86 bits per heavy atom. The van der Waals surface area contributed by atoms with Gasteiger partial charge >= 0.3 is 6.18 Å². The molecule has 1 aliphatic rings. The van der Waals surface area contributed by atoms with Crippen LogP contribution >= 0.6 is 0 Å². The van der Waals surface area contributed by atoms with Crippen molar-refractivity contribution in [1.29, 1.82) is 0 Å². The molecule has 4 heterocycles. The third kappa shape index (κ3) is 10.2. The van der Waals surface area contributed by atoms with Gasteiger partial charge in [-0.25, -0.2) is 27.5 Å². The van der Waals surface area contributed by atoms with Gasteiger partial charge in [0.2, 0.25) is 16.0 Å². The number of alkyl halides is 3. The third-order valence-electron chi connectivity index (χ3n) is 7.28. The van der Waals surface area contributed by atoms with Crippen LogP contribution in [0.2, 0.25) is 0 Å². The van der Waals surface area contributed by atoms with E-state index in [9.17, 15) is 26.7 Å². The average molecular weight is 712 g/mol. The number of nitrogens with one attached hydrogen (secondary N) is 3. The number of sulfonamides is 1. The number of hydrogen-bond donors (Lipinski definition) is 4. The Morgan fingerprint density at radius 1 is 1.08 bits per heavy atom. The number of aliphatic hydroxyl groups is 1. The van der Waals surface area contributed by atoms with Gasteiger partial charge in [0.05, 0.1) is 60.6 Å². The SMILES string of the molecule is CC(C)(O)Cn1cc(-c2nc(Nc3ccc(S(=O)(=O)NCCOCc4cn(CCN5CCNCC5)nn4)cc3F)ncc2C(F)(F)F)cn1. The van der Waals surface area contributed by atoms with Crippen LogP contribution in [0.25, 0.3) is 11.3 Å². The Morgan fingerprint density at radius 3 is 2.57 bits per heavy atom. The van der Waals surface area contributed by atoms with E-state index in [0.29, 0.717) is 18.4 Å². The summed E-state index contributed by atoms with van der Waals surface area (Å²) < 4.78 is 92.8. The standard InChI is InChI=1S/C29H37F4N11O4S/c1-28(2,45)19-44-16-20(14-36-44)26-23(29(31,32)33)15-35-27(39-26)38-25-4-3-22(13-24(25)30)49(46,47)37-7-12-48-18-21-17-43(41-40-21)11-10-42-8-5-34-6-9-42/h3-4,13-17,34,37,45H,5-12,18-19H2,1-2H3,(H,35,38,39). The highest BCUT2D eigenvalue weighted by Crippen LogP contribution is 2.36. The minimum atomic E-state index is -4.81. The number of anilines is 2. The molecule has 1 aliphatic heterocycles. The summed E-state index contributed by atoms with van der Waals surface area (Å²) in [5.41, 5.74) is -2.53. The molecular formula is C29H37F4N11O4S. The van der Waals surface area contributed by atoms with Crippen molar-refractivity contribution in [1.82, 2.24) is 49.7 Å². The highest BCUT2D eigenvalue weighted by Gasteiger charge is 2.36. The van der Waals surface area contributed by atoms with Gasteiger partial charge in [-0.1, -0.05) is 5.21 Å². The highest BCUT2D eigenvalue weighted by molar-refractivity contribution is 7.89. The second kappa shape index (κ2) is 15.2. The number of aromatic nitrogens is 7. The van der Waals surface area contributed by atoms with E-state index < -0.39 is 38.9 Å². The van der Waals surface area contributed by atoms with Crippen LogP contribution in [0.4, 0.5) is 29.2 Å². The Balaban J connectivity index is 1.15. The molecule has 5 rings (SSSR count). The molecule has 0 atom stereocenters. The Labute approximate surface area is 279 Å². The van der Waals surface area contributed by atoms with E-state index in [1.165, 1.54) is 24.7 Å². The zero-order valence-electron chi connectivity index (χ0n) is 26.8. The summed E-state index contributed by atoms with van der Waals surface area (Å²) in [5.74, 6) is -1.38. The van der Waals surface area contributed by atoms with Gasteiger partial charge in [-0.05, 0) is 32.0 Å². The zero-order chi connectivity index (χ0) is 35.2. The first kappa shape index (κ1) is 36.2. The highest BCUT2D eigenvalue weighted by atomic mass is 32.2. The van der Waals surface area contributed by atoms with E-state index in [4.69, 9.17) is 4.74 Å². The van der Waals surface area contributed by atoms with Crippen LogP contribution in [-0.2, 0) is 40.6 Å². The maximum absolute atomic E-state index is 15.0. The number of piperazine rings is 1. The van der Waals surface area contributed by atoms with Crippen LogP contribution in [0.5, 0.6) is 0 Å². The predicted octanol–water partition coefficient (Wildman–Crippen LogP) is 2.00. The predicted molar refractivity (Wildman–Crippen MR) is 168 cm³/mol. The van der Waals surface area contributed by atoms with E-state index in [1.807, 2.05) is 0 Å². The molecule has 20 heteroatoms. The lowest BCUT2D eigenvalue weighted by Crippen LogP contribution is -2.44. The van der Waals surface area contributed by atoms with Gasteiger partial charge in [0.1, 0.15) is 17.1 Å². The lowest BCUT2D eigenvalue weighted by Gasteiger charge is -2.26. The number of nitrogens with zero attached hydrogens (tertiary/aromatic N) is 8. The maximum Gasteiger partial charge on any atom is 0.419 e. The summed E-state index contributed by atoms with van der Waals surface area (Å²) in [6, 6.07) is 2.99. The Bertz CT molecular complexity index is 1820. The quantitative estimate of drug-likeness (QED) is 0.104. The van der Waals surface area contributed by atoms with E-state index in [2.05, 4.69) is 45.6 Å². The fourth-order valence-corrected chi connectivity index (χ4v) is 5.95. The summed E-state index contributed by atoms with van der Waals surface area (Å²) in [7, 11) is -4.13. The van der Waals surface area contributed by atoms with Gasteiger partial charge in [0.25, 0.3) is 0 Å². The Hall–Kier alpha value is -4.08. The monoisotopic (exact) mass is 711 g/mol. The minimum absolute atomic E-state index is 0.00770. The summed E-state index contributed by atoms with van der Waals surface area (Å²) in [6.07, 6.45) is -0.0340. The molecule has 0 unspecified atom stereocenters. The van der Waals surface area contributed by atoms with Crippen LogP contribution in [0, 0.1) is 5.82 Å². The van der Waals surface area contributed by atoms with Crippen LogP contribution in [0.15, 0.2) is 47.9 Å². The first-order chi connectivity index (χ1) is 23.2. The van der Waals surface area contributed by atoms with Gasteiger partial charge < -0.3 is 20.5 Å². The molecular weight excluding hydrogens is 674 g/mol. The van der Waals surface area contributed by atoms with Gasteiger partial charge in [0.15, 0.2) is 0 Å². The van der Waals surface area contributed by atoms with E-state index in [-0.39, 0.29) is 48.4 Å². The largest absolute Gasteiger partial charge is 0.419 e. The molecule has 1 saturated heterocycles. The molecule has 266 valence electrons. The fourth-order valence-electron chi connectivity index (χ4n) is 4.92. The molecule has 3 aromatic heterocycles. The number of halogens is 4. The van der Waals surface area contributed by atoms with E-state index in [1.54, 1.807) is 10.9 Å². The van der Waals surface area contributed by atoms with Crippen molar-refractivity contribution in [3.05, 3.63) is 60.1 Å². The van der Waals surface area contributed by atoms with E-state index in [0.717, 1.165) is 57.1 Å². The summed E-state index contributed by atoms with van der Waals surface area (Å²) in [4.78, 5) is 9.59. The molecule has 0 radical (unpaired) electrons. The number of rotatable bonds is 15. The fraction of sp³-hybridized carbons (Fsp3) is 0.483. The van der Waals surface area contributed by atoms with Crippen LogP contribution in [0.1, 0.15) is 25.1 Å². The minimum Gasteiger partial charge on any atom is -0.389 e. The Kier molecular flexibility index (Phi) is 11.2. The lowest BCUT2D eigenvalue weighted by atomic mass is 10.1. The number of benzene rings is 1. The van der Waals surface area contributed by atoms with Crippen molar-refractivity contribution in [3.63, 3.8) is 0 Å². The summed E-state index contributed by atoms with van der Waals surface area (Å²) in [6.45, 7) is 8.51. The van der Waals surface area contributed by atoms with Gasteiger partial charge in [-0.3, -0.25) is 14.3 Å². The summed E-state index contributed by atoms with van der Waals surface area (Å²) in [5, 5.41) is 28.0. The summed E-state index contributed by atoms with van der Waals surface area (Å²) >= 11 is 0. The van der Waals surface area contributed by atoms with Crippen molar-refractivity contribution in [2.75, 3.05) is 51.2 Å². The number of ether oxygens (including phenoxy) is 1. The molecule has 1 aromatic carbocycles. The van der Waals surface area contributed by atoms with Crippen molar-refractivity contribution >= 4 is 21.7 Å². The van der Waals surface area contributed by atoms with Gasteiger partial charge in [0, 0.05) is 57.2 Å². The molecule has 0 spiro atoms. The molecule has 4 aromatic rings. The maximum atomic E-state index is 15.0. The first-order valence-corrected chi connectivity index (χ1v) is 16.8. The lowest BCUT2D eigenvalue weighted by molar-refractivity contribution is -0.137. The topological polar surface area (TPSA) is 177 Å². The van der Waals surface area contributed by atoms with Crippen molar-refractivity contribution in [2.45, 2.75) is 50.2 Å². The molecule has 0 saturated carbocycles. The average Bonchev–Trinajstić information content (AvgIpc) is 3.69. The van der Waals surface area contributed by atoms with E-state index >= 15 is 4.39 Å². The first-order valence-electron chi connectivity index (χ1n) is 15.3. The van der Waals surface area contributed by atoms with Gasteiger partial charge in [-0.2, -0.15) is 18.3 Å². The number of hydrogen-bond acceptors (Lipinski definition) is 12. The van der Waals surface area contributed by atoms with Crippen LogP contribution < -0.4 is 15.4 Å². The van der Waals surface area contributed by atoms with Crippen LogP contribution in [-0.4, -0.2) is 105 Å². The molecule has 0 amide bonds. The van der Waals surface area contributed by atoms with Crippen molar-refractivity contribution in [2.24, 2.45) is 0 Å². The molecule has 49 heavy (non-hydrogen) atoms. The molecule has 0 aliphatic carbocycles. The van der Waals surface area contributed by atoms with Crippen LogP contribution in [0.3, 0.4) is 0 Å². The molecule has 4 N–H and O–H groups in total. The molecule has 15 nitrogen and oxygen atoms in total. The molecule has 1 fully saturated rings. The molecule has 0 bridgehead atoms. The zero-order valence-corrected chi connectivity index (χ0v) is 27.6. The normalized spacial score (nSPS) is 14.8. The van der Waals surface area contributed by atoms with Gasteiger partial charge in [-0.15, -0.1) is 5.10 Å². The second-order valence-electron chi connectivity index (χ2n) is 12.0. The third-order valence-corrected chi connectivity index (χ3v) is 8.74. The van der Waals surface area contributed by atoms with Crippen molar-refractivity contribution in [3.8, 4) is 11.3 Å². The van der Waals surface area contributed by atoms with Crippen molar-refractivity contribution < 1.29 is 35.8 Å². The smallest absolute Gasteiger partial charge is 0.389 e. The second-order valence-corrected chi connectivity index (χ2v) is 13.7.